The standard InChI is InChI=1S/C14H22O2.C13H22O5.C12H14O4.C10H14O2.C9H21NO2.C8H18O3.C8H16O3.C5H11ClO2.C5H10O4/c1-8(15)12-5-10-6-13(12)11-4-3-9(7-16-2)14(10)11;1-6-13(4,5)12(16)18-8-10(14)7-17-11(15)9(2)3;1-3-8-16-12(14)10-6-4-9(5-7-10)11(13)15-2;1-11-8-10(12-2)9-6-4-3-5-7-9;1-5-10(6-2)7-9(12-4)8-11-3;1-5-11-7(2)8(10-4)6-9-3;1-4-5-11-7-8(10-3)6-9-2;1-7-4-5(3-6)8-2;1-8-3-4(9-2)5(6)7/h9-14H,3-7H2,1-2H3;10,14H,2,6-8H2,1,3-5H3;4-7H,3,8H2,1-2H3;3-7,10H,8H2,1-2H3;9H,5-8H2,1-4H3;7-8H,5-6H2,1-4H3;4,8H,1,5-7H2,2-3H3;5H,3-4H2,1-2H3;4H,3H2,1-2H3,(H,6,7). The van der Waals surface area contributed by atoms with E-state index in [4.69, 9.17) is 92.5 Å². The number of nitrogens with zero attached hydrogens (tertiary/aromatic N) is 1. The van der Waals surface area contributed by atoms with Crippen LogP contribution in [0.25, 0.3) is 0 Å². The van der Waals surface area contributed by atoms with Gasteiger partial charge in [0.1, 0.15) is 43.4 Å². The van der Waals surface area contributed by atoms with Crippen molar-refractivity contribution in [2.24, 2.45) is 40.9 Å². The zero-order valence-electron chi connectivity index (χ0n) is 73.0. The first kappa shape index (κ1) is 114. The number of aliphatic hydroxyl groups is 1. The Kier molecular flexibility index (Phi) is 73.5. The molecule has 5 rings (SSSR count). The first-order valence-corrected chi connectivity index (χ1v) is 39.0. The number of esters is 4. The summed E-state index contributed by atoms with van der Waals surface area (Å²) >= 11 is 5.44. The average molecular weight is 1640 g/mol. The number of carbonyl (C=O) groups is 6. The summed E-state index contributed by atoms with van der Waals surface area (Å²) < 4.78 is 94.4. The van der Waals surface area contributed by atoms with Crippen molar-refractivity contribution >= 4 is 47.2 Å². The van der Waals surface area contributed by atoms with Crippen molar-refractivity contribution in [1.29, 1.82) is 0 Å². The molecule has 28 nitrogen and oxygen atoms in total. The molecule has 3 aliphatic rings. The monoisotopic (exact) mass is 1640 g/mol. The number of hydrogen-bond donors (Lipinski definition) is 2. The molecule has 2 N–H and O–H groups in total. The van der Waals surface area contributed by atoms with Crippen molar-refractivity contribution in [2.75, 3.05) is 211 Å². The molecule has 29 heteroatoms. The Hall–Kier alpha value is -5.45. The van der Waals surface area contributed by atoms with E-state index in [1.807, 2.05) is 65.1 Å². The van der Waals surface area contributed by atoms with E-state index in [-0.39, 0.29) is 74.0 Å². The van der Waals surface area contributed by atoms with Gasteiger partial charge in [-0.2, -0.15) is 0 Å². The van der Waals surface area contributed by atoms with Gasteiger partial charge in [-0.15, -0.1) is 18.2 Å². The van der Waals surface area contributed by atoms with Crippen molar-refractivity contribution in [3.8, 4) is 0 Å². The fourth-order valence-electron chi connectivity index (χ4n) is 11.7. The largest absolute Gasteiger partial charge is 0.479 e. The molecule has 2 bridgehead atoms. The Morgan fingerprint density at radius 3 is 1.57 bits per heavy atom. The molecular weight excluding hydrogens is 1490 g/mol. The van der Waals surface area contributed by atoms with Gasteiger partial charge in [0, 0.05) is 124 Å². The normalized spacial score (nSPS) is 18.1. The highest BCUT2D eigenvalue weighted by Gasteiger charge is 2.57. The Morgan fingerprint density at radius 2 is 1.15 bits per heavy atom. The van der Waals surface area contributed by atoms with Gasteiger partial charge >= 0.3 is 29.8 Å². The number of carbonyl (C=O) groups excluding carboxylic acids is 5. The summed E-state index contributed by atoms with van der Waals surface area (Å²) in [5, 5.41) is 17.8. The predicted molar refractivity (Wildman–Crippen MR) is 437 cm³/mol. The van der Waals surface area contributed by atoms with Crippen LogP contribution in [0.15, 0.2) is 79.4 Å². The molecule has 14 unspecified atom stereocenters. The highest BCUT2D eigenvalue weighted by atomic mass is 35.5. The summed E-state index contributed by atoms with van der Waals surface area (Å²) in [5.41, 5.74) is 1.68. The Labute approximate surface area is 682 Å². The fourth-order valence-corrected chi connectivity index (χ4v) is 12.0. The van der Waals surface area contributed by atoms with Crippen LogP contribution in [-0.2, 0) is 109 Å². The van der Waals surface area contributed by atoms with Gasteiger partial charge in [-0.3, -0.25) is 9.59 Å². The number of fused-ring (bicyclic) bond motifs is 5. The summed E-state index contributed by atoms with van der Waals surface area (Å²) in [6, 6.07) is 16.2. The number of methoxy groups -OCH3 is 14. The lowest BCUT2D eigenvalue weighted by atomic mass is 9.72. The maximum atomic E-state index is 11.6. The van der Waals surface area contributed by atoms with Crippen molar-refractivity contribution in [2.45, 2.75) is 157 Å². The second-order valence-corrected chi connectivity index (χ2v) is 27.4. The molecule has 14 atom stereocenters. The Bertz CT molecular complexity index is 2670. The zero-order valence-corrected chi connectivity index (χ0v) is 73.7. The van der Waals surface area contributed by atoms with Gasteiger partial charge in [0.05, 0.1) is 107 Å². The van der Waals surface area contributed by atoms with Crippen molar-refractivity contribution < 1.29 is 129 Å². The maximum Gasteiger partial charge on any atom is 0.338 e. The minimum absolute atomic E-state index is 0.0277. The number of rotatable bonds is 46. The average Bonchev–Trinajstić information content (AvgIpc) is 1.58. The summed E-state index contributed by atoms with van der Waals surface area (Å²) in [4.78, 5) is 69.2. The molecule has 2 aromatic rings. The number of ether oxygens (including phenoxy) is 19. The topological polar surface area (TPSA) is 321 Å². The minimum Gasteiger partial charge on any atom is -0.479 e. The van der Waals surface area contributed by atoms with Gasteiger partial charge < -0.3 is 105 Å². The van der Waals surface area contributed by atoms with E-state index in [0.29, 0.717) is 94.6 Å². The van der Waals surface area contributed by atoms with Gasteiger partial charge in [-0.25, -0.2) is 19.2 Å². The van der Waals surface area contributed by atoms with Crippen LogP contribution < -0.4 is 0 Å². The van der Waals surface area contributed by atoms with Crippen molar-refractivity contribution in [3.05, 3.63) is 96.1 Å². The number of benzene rings is 2. The molecule has 0 heterocycles. The lowest BCUT2D eigenvalue weighted by Crippen LogP contribution is -2.35. The van der Waals surface area contributed by atoms with Crippen molar-refractivity contribution in [3.63, 3.8) is 0 Å². The van der Waals surface area contributed by atoms with Crippen LogP contribution in [0.4, 0.5) is 0 Å². The number of hydrogen-bond acceptors (Lipinski definition) is 27. The molecule has 0 saturated heterocycles. The number of ketones is 1. The minimum atomic E-state index is -1.02. The van der Waals surface area contributed by atoms with Gasteiger partial charge in [0.2, 0.25) is 0 Å². The van der Waals surface area contributed by atoms with E-state index in [2.05, 4.69) is 46.1 Å². The lowest BCUT2D eigenvalue weighted by Gasteiger charge is -2.32. The quantitative estimate of drug-likeness (QED) is 0.0155. The highest BCUT2D eigenvalue weighted by Crippen LogP contribution is 2.63. The van der Waals surface area contributed by atoms with Gasteiger partial charge in [-0.1, -0.05) is 70.7 Å². The van der Waals surface area contributed by atoms with E-state index < -0.39 is 35.5 Å². The van der Waals surface area contributed by atoms with Gasteiger partial charge in [0.25, 0.3) is 0 Å². The van der Waals surface area contributed by atoms with E-state index in [1.54, 1.807) is 110 Å². The third kappa shape index (κ3) is 52.1. The van der Waals surface area contributed by atoms with E-state index in [1.165, 1.54) is 66.1 Å². The molecule has 3 aliphatic carbocycles. The summed E-state index contributed by atoms with van der Waals surface area (Å²) in [6.45, 7) is 34.8. The number of carboxylic acid groups (broad SMARTS) is 1. The van der Waals surface area contributed by atoms with Crippen LogP contribution in [0, 0.1) is 40.9 Å². The number of halogens is 1. The molecule has 0 amide bonds. The van der Waals surface area contributed by atoms with Crippen molar-refractivity contribution in [1.82, 2.24) is 4.90 Å². The first-order valence-electron chi connectivity index (χ1n) is 38.4. The summed E-state index contributed by atoms with van der Waals surface area (Å²) in [6.07, 6.45) is 6.95. The molecule has 3 saturated carbocycles. The molecular formula is C84H148ClNO27. The van der Waals surface area contributed by atoms with E-state index in [0.717, 1.165) is 67.8 Å². The van der Waals surface area contributed by atoms with Crippen LogP contribution >= 0.6 is 11.6 Å². The number of likely N-dealkylation sites (N-methyl/N-ethyl adjacent to an activating group) is 1. The predicted octanol–water partition coefficient (Wildman–Crippen LogP) is 11.6. The molecule has 0 spiro atoms. The molecule has 0 radical (unpaired) electrons. The third-order valence-electron chi connectivity index (χ3n) is 18.5. The molecule has 113 heavy (non-hydrogen) atoms. The zero-order chi connectivity index (χ0) is 86.7. The number of carboxylic acids is 1. The number of Topliss-reactive ketones (excluding diaryl/α,β-unsaturated/α-hetero) is 1. The van der Waals surface area contributed by atoms with Crippen LogP contribution in [0.3, 0.4) is 0 Å². The smallest absolute Gasteiger partial charge is 0.338 e. The lowest BCUT2D eigenvalue weighted by molar-refractivity contribution is -0.159. The van der Waals surface area contributed by atoms with Crippen LogP contribution in [-0.4, -0.2) is 304 Å². The molecule has 3 fully saturated rings. The Balaban J connectivity index is -0.000000598. The number of aliphatic carboxylic acids is 1. The summed E-state index contributed by atoms with van der Waals surface area (Å²) in [5.74, 6) is 2.70. The second kappa shape index (κ2) is 73.0. The van der Waals surface area contributed by atoms with E-state index >= 15 is 0 Å². The van der Waals surface area contributed by atoms with E-state index in [9.17, 15) is 33.9 Å². The molecule has 0 aromatic heterocycles. The maximum absolute atomic E-state index is 11.6. The SMILES string of the molecule is C=C(C)C(=O)OCC(O)COC(=O)C(C)(C)CC.C=CCOCC(COC)OC.CCCOC(=O)c1ccc(C(=O)OC)cc1.CCN(CC)CC(COC)OC.CCOC(C)C(COC)OC.COCC(CCl)OC.COCC(OC)C(=O)O.COCC(OC)c1ccccc1.COCC1CCC2C3CC(CC3C(C)=O)C12. The van der Waals surface area contributed by atoms with Crippen LogP contribution in [0.5, 0.6) is 0 Å². The fraction of sp³-hybridized carbons (Fsp3) is 0.738. The Morgan fingerprint density at radius 1 is 0.611 bits per heavy atom. The third-order valence-corrected chi connectivity index (χ3v) is 18.8. The molecule has 658 valence electrons. The van der Waals surface area contributed by atoms with Crippen LogP contribution in [0.2, 0.25) is 0 Å². The second-order valence-electron chi connectivity index (χ2n) is 27.1. The van der Waals surface area contributed by atoms with Crippen LogP contribution in [0.1, 0.15) is 140 Å². The summed E-state index contributed by atoms with van der Waals surface area (Å²) in [7, 11) is 22.5. The van der Waals surface area contributed by atoms with Gasteiger partial charge in [-0.05, 0) is 153 Å². The number of aliphatic hydroxyl groups excluding tert-OH is 1. The first-order chi connectivity index (χ1) is 53.9. The number of alkyl halides is 1. The van der Waals surface area contributed by atoms with Gasteiger partial charge in [0.15, 0.2) is 6.10 Å². The molecule has 2 aromatic carbocycles. The molecule has 0 aliphatic heterocycles. The highest BCUT2D eigenvalue weighted by molar-refractivity contribution is 6.18.